The average Bonchev–Trinajstić information content (AvgIpc) is 2.52. The molecular formula is C17H14BrClO4. The first kappa shape index (κ1) is 17.4. The second-order valence-electron chi connectivity index (χ2n) is 4.49. The SMILES string of the molecule is O=C(O)C=Cc1ccc(OCCOc2ccccc2Cl)c(Br)c1. The molecule has 0 atom stereocenters. The first-order chi connectivity index (χ1) is 11.1. The van der Waals surface area contributed by atoms with Crippen molar-refractivity contribution < 1.29 is 19.4 Å². The maximum Gasteiger partial charge on any atom is 0.328 e. The van der Waals surface area contributed by atoms with Gasteiger partial charge in [0.15, 0.2) is 0 Å². The molecule has 0 bridgehead atoms. The van der Waals surface area contributed by atoms with Crippen molar-refractivity contribution in [2.45, 2.75) is 0 Å². The van der Waals surface area contributed by atoms with Crippen LogP contribution >= 0.6 is 27.5 Å². The maximum atomic E-state index is 10.5. The Kier molecular flexibility index (Phi) is 6.50. The smallest absolute Gasteiger partial charge is 0.328 e. The molecule has 120 valence electrons. The first-order valence-electron chi connectivity index (χ1n) is 6.77. The van der Waals surface area contributed by atoms with Crippen LogP contribution < -0.4 is 9.47 Å². The highest BCUT2D eigenvalue weighted by Gasteiger charge is 2.03. The summed E-state index contributed by atoms with van der Waals surface area (Å²) in [5.74, 6) is 0.282. The standard InChI is InChI=1S/C17H14BrClO4/c18-13-11-12(6-8-17(20)21)5-7-15(13)22-9-10-23-16-4-2-1-3-14(16)19/h1-8,11H,9-10H2,(H,20,21). The van der Waals surface area contributed by atoms with E-state index in [-0.39, 0.29) is 0 Å². The molecule has 0 amide bonds. The predicted molar refractivity (Wildman–Crippen MR) is 93.3 cm³/mol. The number of aliphatic carboxylic acids is 1. The van der Waals surface area contributed by atoms with Gasteiger partial charge in [-0.15, -0.1) is 0 Å². The van der Waals surface area contributed by atoms with Crippen molar-refractivity contribution in [1.82, 2.24) is 0 Å². The molecule has 0 saturated carbocycles. The van der Waals surface area contributed by atoms with Crippen LogP contribution in [-0.4, -0.2) is 24.3 Å². The molecule has 2 aromatic rings. The molecule has 0 aliphatic heterocycles. The van der Waals surface area contributed by atoms with Gasteiger partial charge in [0.05, 0.1) is 9.50 Å². The summed E-state index contributed by atoms with van der Waals surface area (Å²) in [5.41, 5.74) is 0.763. The van der Waals surface area contributed by atoms with E-state index in [9.17, 15) is 4.79 Å². The summed E-state index contributed by atoms with van der Waals surface area (Å²) in [6.45, 7) is 0.713. The second kappa shape index (κ2) is 8.60. The quantitative estimate of drug-likeness (QED) is 0.545. The lowest BCUT2D eigenvalue weighted by atomic mass is 10.2. The van der Waals surface area contributed by atoms with Crippen molar-refractivity contribution in [3.05, 3.63) is 63.6 Å². The van der Waals surface area contributed by atoms with E-state index in [1.807, 2.05) is 12.1 Å². The largest absolute Gasteiger partial charge is 0.489 e. The second-order valence-corrected chi connectivity index (χ2v) is 5.75. The van der Waals surface area contributed by atoms with E-state index in [4.69, 9.17) is 26.2 Å². The number of halogens is 2. The van der Waals surface area contributed by atoms with Gasteiger partial charge in [0.2, 0.25) is 0 Å². The van der Waals surface area contributed by atoms with E-state index in [0.29, 0.717) is 29.7 Å². The number of hydrogen-bond donors (Lipinski definition) is 1. The molecule has 0 aliphatic carbocycles. The Balaban J connectivity index is 1.86. The number of benzene rings is 2. The fraction of sp³-hybridized carbons (Fsp3) is 0.118. The van der Waals surface area contributed by atoms with Gasteiger partial charge in [0, 0.05) is 6.08 Å². The normalized spacial score (nSPS) is 10.7. The molecule has 2 aromatic carbocycles. The number of rotatable bonds is 7. The minimum Gasteiger partial charge on any atom is -0.489 e. The number of carboxylic acids is 1. The summed E-state index contributed by atoms with van der Waals surface area (Å²) in [5, 5.41) is 9.17. The lowest BCUT2D eigenvalue weighted by Crippen LogP contribution is -2.09. The molecule has 0 aromatic heterocycles. The Labute approximate surface area is 147 Å². The predicted octanol–water partition coefficient (Wildman–Crippen LogP) is 4.66. The zero-order valence-corrected chi connectivity index (χ0v) is 14.4. The lowest BCUT2D eigenvalue weighted by Gasteiger charge is -2.11. The minimum absolute atomic E-state index is 0.355. The van der Waals surface area contributed by atoms with Gasteiger partial charge in [-0.25, -0.2) is 4.79 Å². The van der Waals surface area contributed by atoms with E-state index in [2.05, 4.69) is 15.9 Å². The molecule has 0 radical (unpaired) electrons. The van der Waals surface area contributed by atoms with Crippen LogP contribution in [0.2, 0.25) is 5.02 Å². The number of ether oxygens (including phenoxy) is 2. The van der Waals surface area contributed by atoms with Gasteiger partial charge < -0.3 is 14.6 Å². The van der Waals surface area contributed by atoms with Crippen LogP contribution in [0.3, 0.4) is 0 Å². The Morgan fingerprint density at radius 3 is 2.48 bits per heavy atom. The lowest BCUT2D eigenvalue weighted by molar-refractivity contribution is -0.131. The average molecular weight is 398 g/mol. The fourth-order valence-electron chi connectivity index (χ4n) is 1.77. The molecule has 1 N–H and O–H groups in total. The maximum absolute atomic E-state index is 10.5. The molecule has 0 heterocycles. The highest BCUT2D eigenvalue weighted by molar-refractivity contribution is 9.10. The molecule has 0 fully saturated rings. The third kappa shape index (κ3) is 5.62. The Bertz CT molecular complexity index is 715. The molecule has 23 heavy (non-hydrogen) atoms. The van der Waals surface area contributed by atoms with Crippen molar-refractivity contribution in [2.24, 2.45) is 0 Å². The Morgan fingerprint density at radius 1 is 1.13 bits per heavy atom. The van der Waals surface area contributed by atoms with E-state index in [1.165, 1.54) is 6.08 Å². The monoisotopic (exact) mass is 396 g/mol. The fourth-order valence-corrected chi connectivity index (χ4v) is 2.47. The van der Waals surface area contributed by atoms with Crippen LogP contribution in [-0.2, 0) is 4.79 Å². The minimum atomic E-state index is -0.988. The van der Waals surface area contributed by atoms with Gasteiger partial charge in [0.25, 0.3) is 0 Å². The van der Waals surface area contributed by atoms with Gasteiger partial charge in [-0.1, -0.05) is 29.8 Å². The van der Waals surface area contributed by atoms with Gasteiger partial charge >= 0.3 is 5.97 Å². The van der Waals surface area contributed by atoms with Gasteiger partial charge in [-0.2, -0.15) is 0 Å². The highest BCUT2D eigenvalue weighted by Crippen LogP contribution is 2.27. The molecule has 0 unspecified atom stereocenters. The van der Waals surface area contributed by atoms with E-state index in [1.54, 1.807) is 30.3 Å². The summed E-state index contributed by atoms with van der Waals surface area (Å²) in [6, 6.07) is 12.6. The van der Waals surface area contributed by atoms with Gasteiger partial charge in [0.1, 0.15) is 24.7 Å². The Hall–Kier alpha value is -1.98. The molecule has 0 saturated heterocycles. The summed E-state index contributed by atoms with van der Waals surface area (Å²) in [6.07, 6.45) is 2.59. The number of para-hydroxylation sites is 1. The third-order valence-electron chi connectivity index (χ3n) is 2.81. The third-order valence-corrected chi connectivity index (χ3v) is 3.74. The van der Waals surface area contributed by atoms with E-state index in [0.717, 1.165) is 16.1 Å². The summed E-state index contributed by atoms with van der Waals surface area (Å²) in [7, 11) is 0. The summed E-state index contributed by atoms with van der Waals surface area (Å²) >= 11 is 9.39. The first-order valence-corrected chi connectivity index (χ1v) is 7.94. The van der Waals surface area contributed by atoms with Crippen LogP contribution in [0.4, 0.5) is 0 Å². The highest BCUT2D eigenvalue weighted by atomic mass is 79.9. The van der Waals surface area contributed by atoms with Crippen molar-refractivity contribution in [2.75, 3.05) is 13.2 Å². The molecule has 2 rings (SSSR count). The van der Waals surface area contributed by atoms with Crippen molar-refractivity contribution >= 4 is 39.6 Å². The number of hydrogen-bond acceptors (Lipinski definition) is 3. The van der Waals surface area contributed by atoms with E-state index < -0.39 is 5.97 Å². The summed E-state index contributed by atoms with van der Waals surface area (Å²) in [4.78, 5) is 10.5. The molecule has 0 aliphatic rings. The summed E-state index contributed by atoms with van der Waals surface area (Å²) < 4.78 is 11.9. The van der Waals surface area contributed by atoms with Gasteiger partial charge in [-0.3, -0.25) is 0 Å². The van der Waals surface area contributed by atoms with Crippen LogP contribution in [0, 0.1) is 0 Å². The van der Waals surface area contributed by atoms with Crippen LogP contribution in [0.1, 0.15) is 5.56 Å². The van der Waals surface area contributed by atoms with Crippen LogP contribution in [0.15, 0.2) is 53.0 Å². The molecular weight excluding hydrogens is 384 g/mol. The van der Waals surface area contributed by atoms with Crippen molar-refractivity contribution in [3.8, 4) is 11.5 Å². The van der Waals surface area contributed by atoms with Crippen molar-refractivity contribution in [1.29, 1.82) is 0 Å². The number of carboxylic acid groups (broad SMARTS) is 1. The topological polar surface area (TPSA) is 55.8 Å². The zero-order valence-electron chi connectivity index (χ0n) is 12.0. The van der Waals surface area contributed by atoms with Crippen LogP contribution in [0.5, 0.6) is 11.5 Å². The zero-order chi connectivity index (χ0) is 16.7. The van der Waals surface area contributed by atoms with E-state index >= 15 is 0 Å². The van der Waals surface area contributed by atoms with Gasteiger partial charge in [-0.05, 0) is 51.8 Å². The molecule has 0 spiro atoms. The number of carbonyl (C=O) groups is 1. The van der Waals surface area contributed by atoms with Crippen molar-refractivity contribution in [3.63, 3.8) is 0 Å². The molecule has 6 heteroatoms. The van der Waals surface area contributed by atoms with Crippen LogP contribution in [0.25, 0.3) is 6.08 Å². The Morgan fingerprint density at radius 2 is 1.83 bits per heavy atom. The molecule has 4 nitrogen and oxygen atoms in total.